The van der Waals surface area contributed by atoms with Crippen LogP contribution < -0.4 is 5.73 Å². The molecule has 3 rings (SSSR count). The van der Waals surface area contributed by atoms with Crippen LogP contribution >= 0.6 is 11.8 Å². The van der Waals surface area contributed by atoms with Crippen LogP contribution in [0, 0.1) is 5.82 Å². The molecule has 1 saturated heterocycles. The van der Waals surface area contributed by atoms with Crippen molar-refractivity contribution in [2.45, 2.75) is 18.9 Å². The van der Waals surface area contributed by atoms with Gasteiger partial charge in [0.2, 0.25) is 5.89 Å². The van der Waals surface area contributed by atoms with Crippen molar-refractivity contribution in [1.29, 1.82) is 0 Å². The summed E-state index contributed by atoms with van der Waals surface area (Å²) in [5, 5.41) is 6.71. The van der Waals surface area contributed by atoms with Crippen LogP contribution in [-0.4, -0.2) is 45.2 Å². The Bertz CT molecular complexity index is 771. The number of hydrogen-bond acceptors (Lipinski definition) is 5. The number of primary amides is 1. The molecule has 6 nitrogen and oxygen atoms in total. The summed E-state index contributed by atoms with van der Waals surface area (Å²) >= 11 is 1.68. The van der Waals surface area contributed by atoms with Gasteiger partial charge >= 0.3 is 12.5 Å². The van der Waals surface area contributed by atoms with E-state index in [2.05, 4.69) is 10.2 Å². The lowest BCUT2D eigenvalue weighted by Gasteiger charge is -2.34. The van der Waals surface area contributed by atoms with Gasteiger partial charge in [-0.3, -0.25) is 0 Å². The van der Waals surface area contributed by atoms with E-state index in [4.69, 9.17) is 10.2 Å². The van der Waals surface area contributed by atoms with Gasteiger partial charge in [-0.15, -0.1) is 10.2 Å². The molecule has 0 spiro atoms. The highest BCUT2D eigenvalue weighted by Crippen LogP contribution is 2.26. The summed E-state index contributed by atoms with van der Waals surface area (Å²) in [4.78, 5) is 13.0. The number of nitrogens with zero attached hydrogens (tertiary/aromatic N) is 3. The van der Waals surface area contributed by atoms with E-state index in [0.29, 0.717) is 24.3 Å². The Morgan fingerprint density at radius 2 is 2.24 bits per heavy atom. The second kappa shape index (κ2) is 7.34. The lowest BCUT2D eigenvalue weighted by Crippen LogP contribution is -2.49. The Balaban J connectivity index is 1.78. The van der Waals surface area contributed by atoms with E-state index in [-0.39, 0.29) is 17.5 Å². The zero-order chi connectivity index (χ0) is 18.0. The van der Waals surface area contributed by atoms with Crippen LogP contribution in [-0.2, 0) is 6.42 Å². The maximum absolute atomic E-state index is 14.4. The number of thioether (sulfide) groups is 1. The van der Waals surface area contributed by atoms with Crippen LogP contribution in [0.5, 0.6) is 0 Å². The number of amides is 2. The van der Waals surface area contributed by atoms with E-state index in [9.17, 15) is 18.0 Å². The molecule has 2 aromatic rings. The third-order valence-corrected chi connectivity index (χ3v) is 4.99. The third-order valence-electron chi connectivity index (χ3n) is 3.89. The van der Waals surface area contributed by atoms with Gasteiger partial charge in [-0.2, -0.15) is 20.5 Å². The van der Waals surface area contributed by atoms with Gasteiger partial charge in [0.25, 0.3) is 5.89 Å². The summed E-state index contributed by atoms with van der Waals surface area (Å²) in [6.07, 6.45) is -2.57. The molecule has 2 heterocycles. The number of alkyl halides is 2. The molecular weight excluding hydrogens is 357 g/mol. The Hall–Kier alpha value is -2.23. The normalized spacial score (nSPS) is 17.9. The summed E-state index contributed by atoms with van der Waals surface area (Å²) in [5.41, 5.74) is 5.98. The number of halogens is 3. The van der Waals surface area contributed by atoms with Gasteiger partial charge in [-0.05, 0) is 24.1 Å². The molecule has 0 saturated carbocycles. The summed E-state index contributed by atoms with van der Waals surface area (Å²) in [7, 11) is 0. The molecule has 1 aliphatic heterocycles. The maximum Gasteiger partial charge on any atom is 0.315 e. The van der Waals surface area contributed by atoms with Crippen LogP contribution in [0.4, 0.5) is 18.0 Å². The number of benzene rings is 1. The number of urea groups is 1. The average Bonchev–Trinajstić information content (AvgIpc) is 3.07. The van der Waals surface area contributed by atoms with Crippen LogP contribution in [0.15, 0.2) is 22.6 Å². The van der Waals surface area contributed by atoms with Gasteiger partial charge in [-0.1, -0.05) is 6.07 Å². The number of carbonyl (C=O) groups excluding carboxylic acids is 1. The predicted molar refractivity (Wildman–Crippen MR) is 85.8 cm³/mol. The lowest BCUT2D eigenvalue weighted by atomic mass is 10.0. The van der Waals surface area contributed by atoms with E-state index in [1.807, 2.05) is 0 Å². The molecule has 0 bridgehead atoms. The Labute approximate surface area is 145 Å². The largest absolute Gasteiger partial charge is 0.415 e. The highest BCUT2D eigenvalue weighted by molar-refractivity contribution is 7.99. The first-order valence-corrected chi connectivity index (χ1v) is 8.65. The number of nitrogens with two attached hydrogens (primary N) is 1. The molecule has 134 valence electrons. The van der Waals surface area contributed by atoms with Crippen molar-refractivity contribution >= 4 is 17.8 Å². The Morgan fingerprint density at radius 1 is 1.44 bits per heavy atom. The number of hydrogen-bond donors (Lipinski definition) is 1. The minimum absolute atomic E-state index is 0.173. The fraction of sp³-hybridized carbons (Fsp3) is 0.400. The fourth-order valence-electron chi connectivity index (χ4n) is 2.65. The van der Waals surface area contributed by atoms with Gasteiger partial charge in [0.05, 0.1) is 0 Å². The zero-order valence-corrected chi connectivity index (χ0v) is 13.8. The maximum atomic E-state index is 14.4. The molecular formula is C15H15F3N4O2S. The lowest BCUT2D eigenvalue weighted by molar-refractivity contribution is 0.116. The predicted octanol–water partition coefficient (Wildman–Crippen LogP) is 2.85. The molecule has 2 amide bonds. The molecule has 2 N–H and O–H groups in total. The quantitative estimate of drug-likeness (QED) is 0.892. The first kappa shape index (κ1) is 17.6. The highest BCUT2D eigenvalue weighted by atomic mass is 32.2. The SMILES string of the molecule is NC(=O)N1CCSCC1Cc1ccc(-c2nnc(C(F)F)o2)cc1F. The van der Waals surface area contributed by atoms with Crippen molar-refractivity contribution in [2.75, 3.05) is 18.1 Å². The van der Waals surface area contributed by atoms with Gasteiger partial charge in [0.1, 0.15) is 5.82 Å². The second-order valence-electron chi connectivity index (χ2n) is 5.52. The van der Waals surface area contributed by atoms with Crippen molar-refractivity contribution in [3.63, 3.8) is 0 Å². The number of rotatable bonds is 4. The number of aromatic nitrogens is 2. The van der Waals surface area contributed by atoms with Gasteiger partial charge in [-0.25, -0.2) is 9.18 Å². The smallest absolute Gasteiger partial charge is 0.315 e. The molecule has 1 aliphatic rings. The molecule has 1 aromatic carbocycles. The van der Waals surface area contributed by atoms with Crippen molar-refractivity contribution < 1.29 is 22.4 Å². The number of carbonyl (C=O) groups is 1. The van der Waals surface area contributed by atoms with Crippen LogP contribution in [0.1, 0.15) is 17.9 Å². The average molecular weight is 372 g/mol. The van der Waals surface area contributed by atoms with Crippen molar-refractivity contribution in [3.05, 3.63) is 35.5 Å². The highest BCUT2D eigenvalue weighted by Gasteiger charge is 2.26. The van der Waals surface area contributed by atoms with Crippen molar-refractivity contribution in [2.24, 2.45) is 5.73 Å². The van der Waals surface area contributed by atoms with Crippen LogP contribution in [0.25, 0.3) is 11.5 Å². The summed E-state index contributed by atoms with van der Waals surface area (Å²) in [6.45, 7) is 0.531. The molecule has 0 radical (unpaired) electrons. The van der Waals surface area contributed by atoms with Crippen molar-refractivity contribution in [3.8, 4) is 11.5 Å². The molecule has 1 aromatic heterocycles. The van der Waals surface area contributed by atoms with Crippen molar-refractivity contribution in [1.82, 2.24) is 15.1 Å². The van der Waals surface area contributed by atoms with Gasteiger partial charge in [0.15, 0.2) is 0 Å². The molecule has 25 heavy (non-hydrogen) atoms. The fourth-order valence-corrected chi connectivity index (χ4v) is 3.72. The zero-order valence-electron chi connectivity index (χ0n) is 13.0. The first-order chi connectivity index (χ1) is 12.0. The topological polar surface area (TPSA) is 85.3 Å². The monoisotopic (exact) mass is 372 g/mol. The summed E-state index contributed by atoms with van der Waals surface area (Å²) in [5.74, 6) is -0.0476. The molecule has 1 unspecified atom stereocenters. The molecule has 0 aliphatic carbocycles. The first-order valence-electron chi connectivity index (χ1n) is 7.50. The summed E-state index contributed by atoms with van der Waals surface area (Å²) in [6, 6.07) is 3.49. The molecule has 10 heteroatoms. The van der Waals surface area contributed by atoms with Gasteiger partial charge in [0, 0.05) is 29.7 Å². The Morgan fingerprint density at radius 3 is 2.88 bits per heavy atom. The second-order valence-corrected chi connectivity index (χ2v) is 6.67. The van der Waals surface area contributed by atoms with E-state index in [0.717, 1.165) is 11.8 Å². The Kier molecular flexibility index (Phi) is 5.16. The van der Waals surface area contributed by atoms with E-state index < -0.39 is 24.2 Å². The third kappa shape index (κ3) is 3.89. The van der Waals surface area contributed by atoms with Crippen LogP contribution in [0.3, 0.4) is 0 Å². The van der Waals surface area contributed by atoms with Crippen LogP contribution in [0.2, 0.25) is 0 Å². The van der Waals surface area contributed by atoms with E-state index >= 15 is 0 Å². The summed E-state index contributed by atoms with van der Waals surface area (Å²) < 4.78 is 44.2. The van der Waals surface area contributed by atoms with E-state index in [1.54, 1.807) is 11.8 Å². The van der Waals surface area contributed by atoms with Gasteiger partial charge < -0.3 is 15.1 Å². The minimum atomic E-state index is -2.88. The minimum Gasteiger partial charge on any atom is -0.415 e. The standard InChI is InChI=1S/C15H15F3N4O2S/c16-11-6-9(13-20-21-14(24-13)12(17)18)2-1-8(11)5-10-7-25-4-3-22(10)15(19)23/h1-2,6,10,12H,3-5,7H2,(H2,19,23). The molecule has 1 atom stereocenters. The van der Waals surface area contributed by atoms with E-state index in [1.165, 1.54) is 17.0 Å². The molecule has 1 fully saturated rings.